The maximum absolute atomic E-state index is 11.3. The van der Waals surface area contributed by atoms with E-state index in [1.165, 1.54) is 12.2 Å². The molecule has 80 valence electrons. The molecule has 0 aromatic heterocycles. The Labute approximate surface area is 99.7 Å². The van der Waals surface area contributed by atoms with Crippen LogP contribution in [0.1, 0.15) is 10.4 Å². The van der Waals surface area contributed by atoms with E-state index < -0.39 is 0 Å². The van der Waals surface area contributed by atoms with Gasteiger partial charge in [-0.2, -0.15) is 0 Å². The molecule has 0 unspecified atom stereocenters. The average Bonchev–Trinajstić information content (AvgIpc) is 2.59. The van der Waals surface area contributed by atoms with Gasteiger partial charge in [0.2, 0.25) is 4.69 Å². The Morgan fingerprint density at radius 1 is 1.00 bits per heavy atom. The van der Waals surface area contributed by atoms with Crippen molar-refractivity contribution in [1.29, 1.82) is 0 Å². The molecule has 1 heterocycles. The maximum atomic E-state index is 11.3. The van der Waals surface area contributed by atoms with E-state index in [4.69, 9.17) is 0 Å². The fourth-order valence-electron chi connectivity index (χ4n) is 1.40. The first-order valence-electron chi connectivity index (χ1n) is 4.45. The van der Waals surface area contributed by atoms with Gasteiger partial charge in [0, 0.05) is 17.7 Å². The normalized spacial score (nSPS) is 14.7. The first kappa shape index (κ1) is 10.8. The molecule has 0 aliphatic carbocycles. The van der Waals surface area contributed by atoms with Crippen molar-refractivity contribution >= 4 is 38.1 Å². The zero-order chi connectivity index (χ0) is 11.7. The fourth-order valence-corrected chi connectivity index (χ4v) is 1.66. The minimum Gasteiger partial charge on any atom is -0.281 e. The summed E-state index contributed by atoms with van der Waals surface area (Å²) in [7, 11) is 0. The van der Waals surface area contributed by atoms with Crippen LogP contribution in [0.4, 0.5) is 5.69 Å². The zero-order valence-electron chi connectivity index (χ0n) is 8.01. The predicted molar refractivity (Wildman–Crippen MR) is 61.3 cm³/mol. The second kappa shape index (κ2) is 4.02. The molecule has 0 bridgehead atoms. The van der Waals surface area contributed by atoms with E-state index in [-0.39, 0.29) is 16.5 Å². The number of anilines is 1. The van der Waals surface area contributed by atoms with Gasteiger partial charge in [-0.3, -0.25) is 14.4 Å². The summed E-state index contributed by atoms with van der Waals surface area (Å²) in [6.07, 6.45) is 2.43. The average molecular weight is 280 g/mol. The highest BCUT2D eigenvalue weighted by Crippen LogP contribution is 2.20. The Hall–Kier alpha value is -1.75. The van der Waals surface area contributed by atoms with Gasteiger partial charge in [-0.1, -0.05) is 0 Å². The minimum atomic E-state index is -0.372. The number of nitrogens with zero attached hydrogens (tertiary/aromatic N) is 1. The van der Waals surface area contributed by atoms with Crippen molar-refractivity contribution in [3.8, 4) is 0 Å². The van der Waals surface area contributed by atoms with Crippen LogP contribution >= 0.6 is 15.9 Å². The smallest absolute Gasteiger partial charge is 0.258 e. The zero-order valence-corrected chi connectivity index (χ0v) is 9.60. The standard InChI is InChI=1S/C11H6BrNO3/c12-11(16)7-1-3-8(4-2-7)13-9(14)5-6-10(13)15/h1-6H. The Bertz CT molecular complexity index is 486. The van der Waals surface area contributed by atoms with Gasteiger partial charge < -0.3 is 0 Å². The third-order valence-corrected chi connectivity index (χ3v) is 2.62. The summed E-state index contributed by atoms with van der Waals surface area (Å²) >= 11 is 2.82. The van der Waals surface area contributed by atoms with Crippen molar-refractivity contribution in [2.24, 2.45) is 0 Å². The van der Waals surface area contributed by atoms with E-state index in [1.54, 1.807) is 24.3 Å². The third kappa shape index (κ3) is 1.81. The molecule has 0 saturated carbocycles. The molecular formula is C11H6BrNO3. The lowest BCUT2D eigenvalue weighted by atomic mass is 10.2. The molecule has 1 aromatic carbocycles. The van der Waals surface area contributed by atoms with Crippen LogP contribution in [0.25, 0.3) is 0 Å². The molecule has 16 heavy (non-hydrogen) atoms. The van der Waals surface area contributed by atoms with Crippen molar-refractivity contribution < 1.29 is 14.4 Å². The van der Waals surface area contributed by atoms with Crippen LogP contribution in [0.3, 0.4) is 0 Å². The molecule has 0 spiro atoms. The van der Waals surface area contributed by atoms with Crippen molar-refractivity contribution in [3.63, 3.8) is 0 Å². The lowest BCUT2D eigenvalue weighted by molar-refractivity contribution is -0.119. The van der Waals surface area contributed by atoms with Gasteiger partial charge in [-0.05, 0) is 40.2 Å². The molecule has 5 heteroatoms. The molecule has 2 amide bonds. The lowest BCUT2D eigenvalue weighted by Gasteiger charge is -2.13. The fraction of sp³-hybridized carbons (Fsp3) is 0. The summed E-state index contributed by atoms with van der Waals surface area (Å²) < 4.78 is -0.240. The van der Waals surface area contributed by atoms with Crippen molar-refractivity contribution in [2.45, 2.75) is 0 Å². The summed E-state index contributed by atoms with van der Waals surface area (Å²) in [5, 5.41) is 0. The Morgan fingerprint density at radius 3 is 1.94 bits per heavy atom. The summed E-state index contributed by atoms with van der Waals surface area (Å²) in [6, 6.07) is 6.20. The first-order valence-corrected chi connectivity index (χ1v) is 5.25. The molecule has 0 N–H and O–H groups in total. The van der Waals surface area contributed by atoms with E-state index in [1.807, 2.05) is 0 Å². The Balaban J connectivity index is 2.32. The van der Waals surface area contributed by atoms with Gasteiger partial charge >= 0.3 is 0 Å². The number of benzene rings is 1. The molecule has 1 aliphatic rings. The van der Waals surface area contributed by atoms with Gasteiger partial charge in [-0.25, -0.2) is 4.90 Å². The second-order valence-electron chi connectivity index (χ2n) is 3.17. The summed E-state index contributed by atoms with van der Waals surface area (Å²) in [5.74, 6) is -0.745. The summed E-state index contributed by atoms with van der Waals surface area (Å²) in [6.45, 7) is 0. The minimum absolute atomic E-state index is 0.240. The van der Waals surface area contributed by atoms with Gasteiger partial charge in [0.1, 0.15) is 0 Å². The van der Waals surface area contributed by atoms with Crippen LogP contribution in [0, 0.1) is 0 Å². The number of hydrogen-bond donors (Lipinski definition) is 0. The Morgan fingerprint density at radius 2 is 1.50 bits per heavy atom. The third-order valence-electron chi connectivity index (χ3n) is 2.16. The molecule has 0 saturated heterocycles. The van der Waals surface area contributed by atoms with Gasteiger partial charge in [-0.15, -0.1) is 0 Å². The topological polar surface area (TPSA) is 54.5 Å². The molecule has 0 fully saturated rings. The number of amides is 2. The quantitative estimate of drug-likeness (QED) is 0.611. The van der Waals surface area contributed by atoms with Crippen LogP contribution in [-0.4, -0.2) is 16.5 Å². The summed E-state index contributed by atoms with van der Waals surface area (Å²) in [4.78, 5) is 34.7. The van der Waals surface area contributed by atoms with Crippen LogP contribution in [0.15, 0.2) is 36.4 Å². The van der Waals surface area contributed by atoms with Crippen LogP contribution in [-0.2, 0) is 9.59 Å². The second-order valence-corrected chi connectivity index (χ2v) is 3.89. The van der Waals surface area contributed by atoms with E-state index in [9.17, 15) is 14.4 Å². The largest absolute Gasteiger partial charge is 0.281 e. The van der Waals surface area contributed by atoms with Gasteiger partial charge in [0.25, 0.3) is 11.8 Å². The molecule has 1 aliphatic heterocycles. The van der Waals surface area contributed by atoms with Crippen LogP contribution in [0.2, 0.25) is 0 Å². The highest BCUT2D eigenvalue weighted by Gasteiger charge is 2.24. The Kier molecular flexibility index (Phi) is 2.70. The van der Waals surface area contributed by atoms with E-state index in [0.29, 0.717) is 11.3 Å². The highest BCUT2D eigenvalue weighted by atomic mass is 79.9. The number of carbonyl (C=O) groups excluding carboxylic acids is 3. The van der Waals surface area contributed by atoms with Crippen molar-refractivity contribution in [2.75, 3.05) is 4.90 Å². The number of hydrogen-bond acceptors (Lipinski definition) is 3. The summed E-state index contributed by atoms with van der Waals surface area (Å²) in [5.41, 5.74) is 0.924. The lowest BCUT2D eigenvalue weighted by Crippen LogP contribution is -2.29. The predicted octanol–water partition coefficient (Wildman–Crippen LogP) is 1.65. The highest BCUT2D eigenvalue weighted by molar-refractivity contribution is 9.18. The number of rotatable bonds is 2. The first-order chi connectivity index (χ1) is 7.59. The number of carbonyl (C=O) groups is 3. The maximum Gasteiger partial charge on any atom is 0.258 e. The van der Waals surface area contributed by atoms with Crippen LogP contribution < -0.4 is 4.90 Å². The van der Waals surface area contributed by atoms with E-state index in [2.05, 4.69) is 15.9 Å². The monoisotopic (exact) mass is 279 g/mol. The number of imide groups is 1. The van der Waals surface area contributed by atoms with E-state index >= 15 is 0 Å². The molecule has 4 nitrogen and oxygen atoms in total. The van der Waals surface area contributed by atoms with Crippen LogP contribution in [0.5, 0.6) is 0 Å². The van der Waals surface area contributed by atoms with Gasteiger partial charge in [0.05, 0.1) is 5.69 Å². The number of halogens is 1. The van der Waals surface area contributed by atoms with Gasteiger partial charge in [0.15, 0.2) is 0 Å². The molecule has 0 atom stereocenters. The SMILES string of the molecule is O=C(Br)c1ccc(N2C(=O)C=CC2=O)cc1. The molecule has 0 radical (unpaired) electrons. The molecule has 2 rings (SSSR count). The van der Waals surface area contributed by atoms with Crippen molar-refractivity contribution in [1.82, 2.24) is 0 Å². The van der Waals surface area contributed by atoms with E-state index in [0.717, 1.165) is 4.90 Å². The van der Waals surface area contributed by atoms with Crippen molar-refractivity contribution in [3.05, 3.63) is 42.0 Å². The molecular weight excluding hydrogens is 274 g/mol. The molecule has 1 aromatic rings.